The summed E-state index contributed by atoms with van der Waals surface area (Å²) in [6, 6.07) is 5.04. The lowest BCUT2D eigenvalue weighted by atomic mass is 9.97. The number of likely N-dealkylation sites (tertiary alicyclic amines) is 1. The molecule has 4 heteroatoms. The van der Waals surface area contributed by atoms with Crippen molar-refractivity contribution in [2.45, 2.75) is 38.9 Å². The SMILES string of the molecule is CCn1cc(CN2C[C@H](C3CC3)[C@@H](N(C)C)C2)cc1C#N. The van der Waals surface area contributed by atoms with Crippen molar-refractivity contribution in [1.29, 1.82) is 5.26 Å². The summed E-state index contributed by atoms with van der Waals surface area (Å²) in [5.41, 5.74) is 2.07. The zero-order valence-corrected chi connectivity index (χ0v) is 13.4. The number of hydrogen-bond acceptors (Lipinski definition) is 3. The Hall–Kier alpha value is -1.31. The second-order valence-electron chi connectivity index (χ2n) is 6.86. The number of hydrogen-bond donors (Lipinski definition) is 0. The smallest absolute Gasteiger partial charge is 0.120 e. The van der Waals surface area contributed by atoms with Crippen molar-refractivity contribution in [3.05, 3.63) is 23.5 Å². The first-order valence-electron chi connectivity index (χ1n) is 8.10. The Balaban J connectivity index is 1.68. The van der Waals surface area contributed by atoms with E-state index in [1.807, 2.05) is 4.57 Å². The van der Waals surface area contributed by atoms with E-state index in [9.17, 15) is 5.26 Å². The lowest BCUT2D eigenvalue weighted by Gasteiger charge is -2.25. The highest BCUT2D eigenvalue weighted by Gasteiger charge is 2.43. The summed E-state index contributed by atoms with van der Waals surface area (Å²) in [6.07, 6.45) is 4.99. The van der Waals surface area contributed by atoms with Crippen LogP contribution in [-0.4, -0.2) is 47.6 Å². The molecular formula is C17H26N4. The first-order valence-corrected chi connectivity index (χ1v) is 8.10. The van der Waals surface area contributed by atoms with Gasteiger partial charge in [-0.2, -0.15) is 5.26 Å². The molecule has 1 aromatic heterocycles. The van der Waals surface area contributed by atoms with Crippen LogP contribution in [-0.2, 0) is 13.1 Å². The molecule has 0 amide bonds. The minimum Gasteiger partial charge on any atom is -0.339 e. The van der Waals surface area contributed by atoms with E-state index >= 15 is 0 Å². The predicted molar refractivity (Wildman–Crippen MR) is 83.8 cm³/mol. The third-order valence-electron chi connectivity index (χ3n) is 5.11. The lowest BCUT2D eigenvalue weighted by Crippen LogP contribution is -2.36. The number of likely N-dealkylation sites (N-methyl/N-ethyl adjacent to an activating group) is 1. The highest BCUT2D eigenvalue weighted by molar-refractivity contribution is 5.28. The van der Waals surface area contributed by atoms with Crippen LogP contribution in [0, 0.1) is 23.2 Å². The number of aryl methyl sites for hydroxylation is 1. The van der Waals surface area contributed by atoms with E-state index in [-0.39, 0.29) is 0 Å². The number of rotatable bonds is 5. The Morgan fingerprint density at radius 1 is 1.33 bits per heavy atom. The second-order valence-corrected chi connectivity index (χ2v) is 6.86. The molecule has 4 nitrogen and oxygen atoms in total. The number of aromatic nitrogens is 1. The number of nitrogens with zero attached hydrogens (tertiary/aromatic N) is 4. The quantitative estimate of drug-likeness (QED) is 0.832. The highest BCUT2D eigenvalue weighted by Crippen LogP contribution is 2.42. The molecular weight excluding hydrogens is 260 g/mol. The fourth-order valence-electron chi connectivity index (χ4n) is 3.83. The summed E-state index contributed by atoms with van der Waals surface area (Å²) < 4.78 is 2.05. The number of nitriles is 1. The molecule has 0 radical (unpaired) electrons. The molecule has 2 heterocycles. The van der Waals surface area contributed by atoms with E-state index in [1.165, 1.54) is 24.9 Å². The molecule has 0 bridgehead atoms. The average Bonchev–Trinajstić information content (AvgIpc) is 3.10. The Bertz CT molecular complexity index is 525. The summed E-state index contributed by atoms with van der Waals surface area (Å²) in [5, 5.41) is 9.17. The van der Waals surface area contributed by atoms with Crippen LogP contribution in [0.4, 0.5) is 0 Å². The Kier molecular flexibility index (Phi) is 4.05. The van der Waals surface area contributed by atoms with Gasteiger partial charge in [0.1, 0.15) is 11.8 Å². The summed E-state index contributed by atoms with van der Waals surface area (Å²) in [7, 11) is 4.43. The third-order valence-corrected chi connectivity index (χ3v) is 5.11. The third kappa shape index (κ3) is 3.00. The molecule has 1 aromatic rings. The Morgan fingerprint density at radius 2 is 2.10 bits per heavy atom. The van der Waals surface area contributed by atoms with Crippen molar-refractivity contribution in [2.24, 2.45) is 11.8 Å². The molecule has 1 saturated carbocycles. The molecule has 1 aliphatic heterocycles. The zero-order valence-electron chi connectivity index (χ0n) is 13.4. The Labute approximate surface area is 127 Å². The van der Waals surface area contributed by atoms with Gasteiger partial charge in [0.15, 0.2) is 0 Å². The fraction of sp³-hybridized carbons (Fsp3) is 0.706. The molecule has 21 heavy (non-hydrogen) atoms. The molecule has 2 aliphatic rings. The average molecular weight is 286 g/mol. The molecule has 1 saturated heterocycles. The standard InChI is InChI=1S/C17H26N4/c1-4-21-10-13(7-15(21)8-18)9-20-11-16(14-5-6-14)17(12-20)19(2)3/h7,10,14,16-17H,4-6,9,11-12H2,1-3H3/t16-,17+/m1/s1. The van der Waals surface area contributed by atoms with Crippen molar-refractivity contribution < 1.29 is 0 Å². The van der Waals surface area contributed by atoms with Crippen LogP contribution >= 0.6 is 0 Å². The summed E-state index contributed by atoms with van der Waals surface area (Å²) in [5.74, 6) is 1.79. The predicted octanol–water partition coefficient (Wildman–Crippen LogP) is 2.15. The molecule has 0 N–H and O–H groups in total. The van der Waals surface area contributed by atoms with Crippen molar-refractivity contribution in [1.82, 2.24) is 14.4 Å². The normalized spacial score (nSPS) is 26.4. The van der Waals surface area contributed by atoms with Gasteiger partial charge in [0, 0.05) is 38.4 Å². The van der Waals surface area contributed by atoms with Crippen molar-refractivity contribution in [3.63, 3.8) is 0 Å². The van der Waals surface area contributed by atoms with E-state index in [2.05, 4.69) is 49.2 Å². The van der Waals surface area contributed by atoms with Gasteiger partial charge in [0.2, 0.25) is 0 Å². The molecule has 1 aliphatic carbocycles. The van der Waals surface area contributed by atoms with Gasteiger partial charge in [0.25, 0.3) is 0 Å². The molecule has 114 valence electrons. The first kappa shape index (κ1) is 14.6. The van der Waals surface area contributed by atoms with Gasteiger partial charge in [-0.15, -0.1) is 0 Å². The van der Waals surface area contributed by atoms with Crippen LogP contribution in [0.2, 0.25) is 0 Å². The van der Waals surface area contributed by atoms with Gasteiger partial charge in [-0.3, -0.25) is 4.90 Å². The van der Waals surface area contributed by atoms with Crippen LogP contribution in [0.5, 0.6) is 0 Å². The van der Waals surface area contributed by atoms with Crippen molar-refractivity contribution in [2.75, 3.05) is 27.2 Å². The molecule has 0 unspecified atom stereocenters. The van der Waals surface area contributed by atoms with Gasteiger partial charge in [-0.1, -0.05) is 0 Å². The van der Waals surface area contributed by atoms with E-state index in [4.69, 9.17) is 0 Å². The van der Waals surface area contributed by atoms with Gasteiger partial charge in [-0.25, -0.2) is 0 Å². The molecule has 2 atom stereocenters. The maximum Gasteiger partial charge on any atom is 0.120 e. The van der Waals surface area contributed by atoms with E-state index in [1.54, 1.807) is 0 Å². The first-order chi connectivity index (χ1) is 10.1. The summed E-state index contributed by atoms with van der Waals surface area (Å²) in [4.78, 5) is 4.98. The molecule has 2 fully saturated rings. The van der Waals surface area contributed by atoms with Gasteiger partial charge < -0.3 is 9.47 Å². The summed E-state index contributed by atoms with van der Waals surface area (Å²) in [6.45, 7) is 6.31. The van der Waals surface area contributed by atoms with Gasteiger partial charge >= 0.3 is 0 Å². The van der Waals surface area contributed by atoms with E-state index in [0.717, 1.165) is 37.2 Å². The zero-order chi connectivity index (χ0) is 15.0. The van der Waals surface area contributed by atoms with Gasteiger partial charge in [0.05, 0.1) is 0 Å². The van der Waals surface area contributed by atoms with Crippen LogP contribution in [0.15, 0.2) is 12.3 Å². The van der Waals surface area contributed by atoms with Gasteiger partial charge in [-0.05, 0) is 57.3 Å². The molecule has 0 spiro atoms. The minimum atomic E-state index is 0.696. The van der Waals surface area contributed by atoms with Crippen LogP contribution in [0.3, 0.4) is 0 Å². The van der Waals surface area contributed by atoms with E-state index < -0.39 is 0 Å². The fourth-order valence-corrected chi connectivity index (χ4v) is 3.83. The molecule has 3 rings (SSSR count). The highest BCUT2D eigenvalue weighted by atomic mass is 15.2. The maximum absolute atomic E-state index is 9.17. The lowest BCUT2D eigenvalue weighted by molar-refractivity contribution is 0.233. The van der Waals surface area contributed by atoms with Crippen molar-refractivity contribution in [3.8, 4) is 6.07 Å². The Morgan fingerprint density at radius 3 is 2.62 bits per heavy atom. The topological polar surface area (TPSA) is 35.2 Å². The maximum atomic E-state index is 9.17. The summed E-state index contributed by atoms with van der Waals surface area (Å²) >= 11 is 0. The van der Waals surface area contributed by atoms with Crippen LogP contribution in [0.25, 0.3) is 0 Å². The van der Waals surface area contributed by atoms with Crippen LogP contribution < -0.4 is 0 Å². The second kappa shape index (κ2) is 5.82. The largest absolute Gasteiger partial charge is 0.339 e. The minimum absolute atomic E-state index is 0.696. The van der Waals surface area contributed by atoms with Crippen molar-refractivity contribution >= 4 is 0 Å². The molecule has 0 aromatic carbocycles. The monoisotopic (exact) mass is 286 g/mol. The van der Waals surface area contributed by atoms with Crippen LogP contribution in [0.1, 0.15) is 31.0 Å². The van der Waals surface area contributed by atoms with E-state index in [0.29, 0.717) is 6.04 Å².